The van der Waals surface area contributed by atoms with E-state index in [2.05, 4.69) is 18.3 Å². The summed E-state index contributed by atoms with van der Waals surface area (Å²) >= 11 is 0. The Balaban J connectivity index is 2.55. The molecule has 0 aliphatic carbocycles. The average Bonchev–Trinajstić information content (AvgIpc) is 2.05. The van der Waals surface area contributed by atoms with E-state index in [1.54, 1.807) is 0 Å². The van der Waals surface area contributed by atoms with E-state index >= 15 is 0 Å². The van der Waals surface area contributed by atoms with Gasteiger partial charge in [-0.3, -0.25) is 0 Å². The molecule has 2 heteroatoms. The molecule has 1 rings (SSSR count). The molecule has 0 saturated carbocycles. The molecule has 0 spiro atoms. The summed E-state index contributed by atoms with van der Waals surface area (Å²) in [6, 6.07) is 2.05. The van der Waals surface area contributed by atoms with Gasteiger partial charge >= 0.3 is 0 Å². The van der Waals surface area contributed by atoms with Crippen LogP contribution in [0.15, 0.2) is 23.5 Å². The van der Waals surface area contributed by atoms with Gasteiger partial charge in [0.1, 0.15) is 11.8 Å². The molecule has 10 heavy (non-hydrogen) atoms. The molecule has 0 bridgehead atoms. The van der Waals surface area contributed by atoms with Crippen molar-refractivity contribution in [2.75, 3.05) is 0 Å². The molecule has 2 nitrogen and oxygen atoms in total. The molecule has 52 valence electrons. The molecule has 0 amide bonds. The summed E-state index contributed by atoms with van der Waals surface area (Å²) in [5.74, 6) is 0. The van der Waals surface area contributed by atoms with Gasteiger partial charge in [0.05, 0.1) is 0 Å². The number of nitrogens with zero attached hydrogens (tertiary/aromatic N) is 1. The van der Waals surface area contributed by atoms with E-state index in [0.717, 1.165) is 12.8 Å². The van der Waals surface area contributed by atoms with Crippen LogP contribution in [0.5, 0.6) is 0 Å². The Morgan fingerprint density at radius 1 is 1.80 bits per heavy atom. The summed E-state index contributed by atoms with van der Waals surface area (Å²) in [5.41, 5.74) is 2.01. The monoisotopic (exact) mass is 134 g/mol. The topological polar surface area (TPSA) is 35.8 Å². The second kappa shape index (κ2) is 3.07. The molecule has 0 saturated heterocycles. The highest BCUT2D eigenvalue weighted by Crippen LogP contribution is 2.11. The number of hydrogen-bond acceptors (Lipinski definition) is 2. The van der Waals surface area contributed by atoms with Crippen molar-refractivity contribution in [3.63, 3.8) is 0 Å². The highest BCUT2D eigenvalue weighted by molar-refractivity contribution is 5.27. The van der Waals surface area contributed by atoms with Gasteiger partial charge in [-0.1, -0.05) is 12.5 Å². The zero-order chi connectivity index (χ0) is 7.40. The Morgan fingerprint density at radius 3 is 3.00 bits per heavy atom. The van der Waals surface area contributed by atoms with Crippen LogP contribution in [0.1, 0.15) is 19.8 Å². The molecule has 0 fully saturated rings. The maximum atomic E-state index is 8.44. The van der Waals surface area contributed by atoms with Crippen molar-refractivity contribution in [1.82, 2.24) is 5.32 Å². The summed E-state index contributed by atoms with van der Waals surface area (Å²) in [6.45, 7) is 2.11. The van der Waals surface area contributed by atoms with E-state index in [1.165, 1.54) is 5.57 Å². The maximum Gasteiger partial charge on any atom is 0.117 e. The first-order valence-electron chi connectivity index (χ1n) is 3.41. The summed E-state index contributed by atoms with van der Waals surface area (Å²) in [5, 5.41) is 11.3. The standard InChI is InChI=1S/C8H10N2/c1-2-7-3-4-8(5-9)10-6-7/h4,6,10H,2-3H2,1H3. The average molecular weight is 134 g/mol. The first kappa shape index (κ1) is 6.88. The predicted octanol–water partition coefficient (Wildman–Crippen LogP) is 1.68. The molecule has 1 heterocycles. The fourth-order valence-corrected chi connectivity index (χ4v) is 0.855. The fraction of sp³-hybridized carbons (Fsp3) is 0.375. The second-order valence-electron chi connectivity index (χ2n) is 2.23. The third-order valence-corrected chi connectivity index (χ3v) is 1.57. The first-order valence-corrected chi connectivity index (χ1v) is 3.41. The van der Waals surface area contributed by atoms with E-state index in [4.69, 9.17) is 5.26 Å². The van der Waals surface area contributed by atoms with Gasteiger partial charge in [-0.2, -0.15) is 5.26 Å². The predicted molar refractivity (Wildman–Crippen MR) is 39.8 cm³/mol. The zero-order valence-electron chi connectivity index (χ0n) is 6.02. The molecule has 0 atom stereocenters. The van der Waals surface area contributed by atoms with Crippen LogP contribution < -0.4 is 5.32 Å². The summed E-state index contributed by atoms with van der Waals surface area (Å²) in [7, 11) is 0. The van der Waals surface area contributed by atoms with Gasteiger partial charge in [0.15, 0.2) is 0 Å². The highest BCUT2D eigenvalue weighted by atomic mass is 14.9. The lowest BCUT2D eigenvalue weighted by Gasteiger charge is -2.08. The van der Waals surface area contributed by atoms with E-state index in [0.29, 0.717) is 5.70 Å². The SMILES string of the molecule is CCC1=CNC(C#N)=CC1. The van der Waals surface area contributed by atoms with Crippen molar-refractivity contribution < 1.29 is 0 Å². The Morgan fingerprint density at radius 2 is 2.60 bits per heavy atom. The second-order valence-corrected chi connectivity index (χ2v) is 2.23. The summed E-state index contributed by atoms with van der Waals surface area (Å²) in [4.78, 5) is 0. The van der Waals surface area contributed by atoms with Gasteiger partial charge in [0, 0.05) is 6.20 Å². The van der Waals surface area contributed by atoms with Gasteiger partial charge in [-0.25, -0.2) is 0 Å². The Kier molecular flexibility index (Phi) is 2.11. The largest absolute Gasteiger partial charge is 0.353 e. The van der Waals surface area contributed by atoms with Crippen molar-refractivity contribution in [3.05, 3.63) is 23.5 Å². The molecule has 0 radical (unpaired) electrons. The van der Waals surface area contributed by atoms with Gasteiger partial charge in [0.25, 0.3) is 0 Å². The van der Waals surface area contributed by atoms with Crippen LogP contribution in [-0.2, 0) is 0 Å². The zero-order valence-corrected chi connectivity index (χ0v) is 6.02. The summed E-state index contributed by atoms with van der Waals surface area (Å²) < 4.78 is 0. The molecule has 1 aliphatic rings. The molecule has 0 unspecified atom stereocenters. The fourth-order valence-electron chi connectivity index (χ4n) is 0.855. The van der Waals surface area contributed by atoms with Crippen LogP contribution >= 0.6 is 0 Å². The number of allylic oxidation sites excluding steroid dienone is 3. The van der Waals surface area contributed by atoms with Crippen LogP contribution in [0.2, 0.25) is 0 Å². The first-order chi connectivity index (χ1) is 4.86. The minimum Gasteiger partial charge on any atom is -0.353 e. The number of rotatable bonds is 1. The minimum atomic E-state index is 0.664. The third-order valence-electron chi connectivity index (χ3n) is 1.57. The molecule has 1 aliphatic heterocycles. The Labute approximate surface area is 60.9 Å². The van der Waals surface area contributed by atoms with Crippen LogP contribution in [0.25, 0.3) is 0 Å². The Bertz CT molecular complexity index is 218. The molecule has 0 aromatic heterocycles. The molecular formula is C8H10N2. The quantitative estimate of drug-likeness (QED) is 0.592. The van der Waals surface area contributed by atoms with Gasteiger partial charge in [0.2, 0.25) is 0 Å². The number of hydrogen-bond donors (Lipinski definition) is 1. The van der Waals surface area contributed by atoms with Crippen molar-refractivity contribution in [2.45, 2.75) is 19.8 Å². The van der Waals surface area contributed by atoms with E-state index in [1.807, 2.05) is 12.3 Å². The number of dihydropyridines is 1. The molecule has 0 aromatic rings. The van der Waals surface area contributed by atoms with E-state index < -0.39 is 0 Å². The molecular weight excluding hydrogens is 124 g/mol. The lowest BCUT2D eigenvalue weighted by molar-refractivity contribution is 0.930. The van der Waals surface area contributed by atoms with E-state index in [9.17, 15) is 0 Å². The van der Waals surface area contributed by atoms with Crippen molar-refractivity contribution in [1.29, 1.82) is 5.26 Å². The summed E-state index contributed by atoms with van der Waals surface area (Å²) in [6.07, 6.45) is 5.81. The Hall–Kier alpha value is -1.23. The number of nitrogens with one attached hydrogen (secondary N) is 1. The normalized spacial score (nSPS) is 16.4. The molecule has 0 aromatic carbocycles. The van der Waals surface area contributed by atoms with Crippen LogP contribution in [-0.4, -0.2) is 0 Å². The third kappa shape index (κ3) is 1.38. The van der Waals surface area contributed by atoms with Gasteiger partial charge in [-0.15, -0.1) is 0 Å². The maximum absolute atomic E-state index is 8.44. The van der Waals surface area contributed by atoms with Gasteiger partial charge in [-0.05, 0) is 18.9 Å². The van der Waals surface area contributed by atoms with Crippen molar-refractivity contribution >= 4 is 0 Å². The van der Waals surface area contributed by atoms with E-state index in [-0.39, 0.29) is 0 Å². The molecule has 1 N–H and O–H groups in total. The lowest BCUT2D eigenvalue weighted by atomic mass is 10.1. The van der Waals surface area contributed by atoms with Crippen molar-refractivity contribution in [3.8, 4) is 6.07 Å². The highest BCUT2D eigenvalue weighted by Gasteiger charge is 2.00. The van der Waals surface area contributed by atoms with Crippen LogP contribution in [0, 0.1) is 11.3 Å². The number of nitriles is 1. The smallest absolute Gasteiger partial charge is 0.117 e. The van der Waals surface area contributed by atoms with Crippen LogP contribution in [0.4, 0.5) is 0 Å². The lowest BCUT2D eigenvalue weighted by Crippen LogP contribution is -2.08. The van der Waals surface area contributed by atoms with Crippen molar-refractivity contribution in [2.24, 2.45) is 0 Å². The minimum absolute atomic E-state index is 0.664. The van der Waals surface area contributed by atoms with Gasteiger partial charge < -0.3 is 5.32 Å². The van der Waals surface area contributed by atoms with Crippen LogP contribution in [0.3, 0.4) is 0 Å².